The highest BCUT2D eigenvalue weighted by molar-refractivity contribution is 7.91. The summed E-state index contributed by atoms with van der Waals surface area (Å²) >= 11 is 5.14. The number of rotatable bonds is 3. The molecule has 1 fully saturated rings. The fourth-order valence-corrected chi connectivity index (χ4v) is 5.16. The number of hydrogen-bond acceptors (Lipinski definition) is 6. The lowest BCUT2D eigenvalue weighted by Gasteiger charge is -2.24. The number of sulfone groups is 1. The van der Waals surface area contributed by atoms with E-state index in [4.69, 9.17) is 17.0 Å². The molecule has 0 spiro atoms. The van der Waals surface area contributed by atoms with Crippen LogP contribution in [0.1, 0.15) is 13.3 Å². The zero-order valence-electron chi connectivity index (χ0n) is 12.3. The molecule has 0 saturated carbocycles. The molecule has 2 N–H and O–H groups in total. The fourth-order valence-electron chi connectivity index (χ4n) is 2.74. The van der Waals surface area contributed by atoms with Crippen LogP contribution in [0.4, 0.5) is 5.69 Å². The molecule has 0 radical (unpaired) electrons. The van der Waals surface area contributed by atoms with Gasteiger partial charge in [0.15, 0.2) is 15.5 Å². The van der Waals surface area contributed by atoms with Gasteiger partial charge in [-0.3, -0.25) is 0 Å². The number of H-pyrrole nitrogens is 1. The third-order valence-electron chi connectivity index (χ3n) is 3.84. The second kappa shape index (κ2) is 5.57. The number of thiocarbonyl (C=S) groups is 1. The van der Waals surface area contributed by atoms with Gasteiger partial charge in [0.05, 0.1) is 22.6 Å². The highest BCUT2D eigenvalue weighted by Crippen LogP contribution is 2.36. The van der Waals surface area contributed by atoms with Crippen LogP contribution in [0.15, 0.2) is 29.4 Å². The molecule has 1 aromatic carbocycles. The Hall–Kier alpha value is -2.00. The molecule has 1 aliphatic rings. The first-order chi connectivity index (χ1) is 10.8. The molecule has 1 aromatic heterocycles. The smallest absolute Gasteiger partial charge is 0.264 e. The van der Waals surface area contributed by atoms with Crippen molar-refractivity contribution in [3.63, 3.8) is 0 Å². The van der Waals surface area contributed by atoms with Crippen molar-refractivity contribution in [2.75, 3.05) is 11.5 Å². The van der Waals surface area contributed by atoms with Crippen molar-refractivity contribution in [1.29, 1.82) is 0 Å². The number of nitrogens with zero attached hydrogens (tertiary/aromatic N) is 1. The van der Waals surface area contributed by atoms with Crippen LogP contribution >= 0.6 is 12.2 Å². The second-order valence-corrected chi connectivity index (χ2v) is 8.41. The average Bonchev–Trinajstić information content (AvgIpc) is 2.94. The van der Waals surface area contributed by atoms with Gasteiger partial charge in [-0.1, -0.05) is 18.2 Å². The first-order valence-corrected chi connectivity index (χ1v) is 9.19. The highest BCUT2D eigenvalue weighted by atomic mass is 32.2. The number of para-hydroxylation sites is 1. The molecule has 2 aromatic rings. The van der Waals surface area contributed by atoms with Gasteiger partial charge in [-0.25, -0.2) is 8.42 Å². The predicted molar refractivity (Wildman–Crippen MR) is 91.8 cm³/mol. The van der Waals surface area contributed by atoms with E-state index in [9.17, 15) is 13.3 Å². The molecule has 1 saturated heterocycles. The normalized spacial score (nSPS) is 22.8. The number of aromatic nitrogens is 1. The molecule has 23 heavy (non-hydrogen) atoms. The number of nitroso groups, excluding NO2 is 1. The summed E-state index contributed by atoms with van der Waals surface area (Å²) in [6.45, 7) is 1.78. The first-order valence-electron chi connectivity index (χ1n) is 6.96. The monoisotopic (exact) mass is 353 g/mol. The molecule has 3 rings (SSSR count). The molecule has 0 bridgehead atoms. The summed E-state index contributed by atoms with van der Waals surface area (Å²) in [6, 6.07) is 7.14. The van der Waals surface area contributed by atoms with Gasteiger partial charge in [-0.05, 0) is 36.8 Å². The molecule has 1 aliphatic heterocycles. The number of fused-ring (bicyclic) bond motifs is 1. The predicted octanol–water partition coefficient (Wildman–Crippen LogP) is 2.40. The summed E-state index contributed by atoms with van der Waals surface area (Å²) in [5.74, 6) is 0.255. The number of nitrogens with one attached hydrogen (secondary N) is 2. The van der Waals surface area contributed by atoms with Crippen molar-refractivity contribution >= 4 is 43.8 Å². The molecule has 1 unspecified atom stereocenters. The van der Waals surface area contributed by atoms with Crippen molar-refractivity contribution < 1.29 is 13.2 Å². The molecule has 9 heteroatoms. The van der Waals surface area contributed by atoms with Gasteiger partial charge in [-0.2, -0.15) is 0 Å². The Bertz CT molecular complexity index is 891. The standard InChI is InChI=1S/C14H15N3O4S2/c1-14(6-7-23(19,20)8-14)16-13(22)21-12-11(17-18)9-4-2-3-5-10(9)15-12/h2-5,15H,6-8H2,1H3,(H,16,22). The van der Waals surface area contributed by atoms with Crippen molar-refractivity contribution in [3.05, 3.63) is 29.2 Å². The van der Waals surface area contributed by atoms with Crippen LogP contribution in [0.3, 0.4) is 0 Å². The van der Waals surface area contributed by atoms with Crippen LogP contribution in [-0.2, 0) is 9.84 Å². The Kier molecular flexibility index (Phi) is 3.85. The third-order valence-corrected chi connectivity index (χ3v) is 5.93. The van der Waals surface area contributed by atoms with Crippen LogP contribution in [0, 0.1) is 4.91 Å². The summed E-state index contributed by atoms with van der Waals surface area (Å²) in [6.07, 6.45) is 0.449. The van der Waals surface area contributed by atoms with E-state index >= 15 is 0 Å². The summed E-state index contributed by atoms with van der Waals surface area (Å²) in [5, 5.41) is 6.55. The molecule has 0 amide bonds. The number of benzene rings is 1. The van der Waals surface area contributed by atoms with Gasteiger partial charge in [-0.15, -0.1) is 4.91 Å². The minimum Gasteiger partial charge on any atom is -0.412 e. The van der Waals surface area contributed by atoms with Crippen molar-refractivity contribution in [2.24, 2.45) is 5.18 Å². The third kappa shape index (κ3) is 3.20. The summed E-state index contributed by atoms with van der Waals surface area (Å²) in [4.78, 5) is 14.0. The van der Waals surface area contributed by atoms with Gasteiger partial charge < -0.3 is 15.0 Å². The van der Waals surface area contributed by atoms with Gasteiger partial charge >= 0.3 is 0 Å². The summed E-state index contributed by atoms with van der Waals surface area (Å²) < 4.78 is 28.7. The van der Waals surface area contributed by atoms with Crippen LogP contribution in [0.2, 0.25) is 0 Å². The average molecular weight is 353 g/mol. The Morgan fingerprint density at radius 1 is 1.43 bits per heavy atom. The topological polar surface area (TPSA) is 101 Å². The maximum absolute atomic E-state index is 11.6. The molecule has 0 aliphatic carbocycles. The van der Waals surface area contributed by atoms with Crippen molar-refractivity contribution in [1.82, 2.24) is 10.3 Å². The maximum atomic E-state index is 11.6. The Morgan fingerprint density at radius 2 is 2.17 bits per heavy atom. The maximum Gasteiger partial charge on any atom is 0.264 e. The quantitative estimate of drug-likeness (QED) is 0.649. The van der Waals surface area contributed by atoms with Crippen LogP contribution in [0.25, 0.3) is 10.9 Å². The Balaban J connectivity index is 1.80. The van der Waals surface area contributed by atoms with E-state index in [1.165, 1.54) is 0 Å². The summed E-state index contributed by atoms with van der Waals surface area (Å²) in [5.41, 5.74) is 0.167. The minimum atomic E-state index is -3.06. The van der Waals surface area contributed by atoms with E-state index in [0.717, 1.165) is 0 Å². The van der Waals surface area contributed by atoms with Crippen LogP contribution in [0.5, 0.6) is 5.88 Å². The Morgan fingerprint density at radius 3 is 2.83 bits per heavy atom. The van der Waals surface area contributed by atoms with E-state index in [1.54, 1.807) is 25.1 Å². The van der Waals surface area contributed by atoms with E-state index in [-0.39, 0.29) is 28.2 Å². The molecule has 122 valence electrons. The van der Waals surface area contributed by atoms with E-state index in [2.05, 4.69) is 15.5 Å². The molecule has 2 heterocycles. The lowest BCUT2D eigenvalue weighted by atomic mass is 10.0. The molecule has 1 atom stereocenters. The SMILES string of the molecule is CC1(NC(=S)Oc2[nH]c3ccccc3c2N=O)CCS(=O)(=O)C1. The van der Waals surface area contributed by atoms with Crippen LogP contribution in [-0.4, -0.2) is 35.6 Å². The highest BCUT2D eigenvalue weighted by Gasteiger charge is 2.39. The number of ether oxygens (including phenoxy) is 1. The Labute approximate surface area is 138 Å². The van der Waals surface area contributed by atoms with Gasteiger partial charge in [0.25, 0.3) is 5.17 Å². The zero-order valence-corrected chi connectivity index (χ0v) is 14.0. The van der Waals surface area contributed by atoms with E-state index < -0.39 is 15.4 Å². The molecular formula is C14H15N3O4S2. The minimum absolute atomic E-state index is 0.000978. The van der Waals surface area contributed by atoms with Gasteiger partial charge in [0.1, 0.15) is 0 Å². The number of hydrogen-bond donors (Lipinski definition) is 2. The summed E-state index contributed by atoms with van der Waals surface area (Å²) in [7, 11) is -3.06. The van der Waals surface area contributed by atoms with E-state index in [0.29, 0.717) is 17.3 Å². The lowest BCUT2D eigenvalue weighted by molar-refractivity contribution is 0.421. The van der Waals surface area contributed by atoms with E-state index in [1.807, 2.05) is 6.07 Å². The molecule has 7 nitrogen and oxygen atoms in total. The van der Waals surface area contributed by atoms with Crippen LogP contribution < -0.4 is 10.1 Å². The molecular weight excluding hydrogens is 338 g/mol. The van der Waals surface area contributed by atoms with Crippen molar-refractivity contribution in [2.45, 2.75) is 18.9 Å². The first kappa shape index (κ1) is 15.9. The number of aromatic amines is 1. The lowest BCUT2D eigenvalue weighted by Crippen LogP contribution is -2.48. The zero-order chi connectivity index (χ0) is 16.7. The fraction of sp³-hybridized carbons (Fsp3) is 0.357. The largest absolute Gasteiger partial charge is 0.412 e. The second-order valence-electron chi connectivity index (χ2n) is 5.86. The van der Waals surface area contributed by atoms with Gasteiger partial charge in [0.2, 0.25) is 5.88 Å². The van der Waals surface area contributed by atoms with Gasteiger partial charge in [0, 0.05) is 5.39 Å². The van der Waals surface area contributed by atoms with Crippen molar-refractivity contribution in [3.8, 4) is 5.88 Å².